The Bertz CT molecular complexity index is 490. The topological polar surface area (TPSA) is 82.5 Å². The third-order valence-corrected chi connectivity index (χ3v) is 3.33. The number of piperidine rings is 1. The van der Waals surface area contributed by atoms with Gasteiger partial charge < -0.3 is 15.3 Å². The Labute approximate surface area is 117 Å². The molecule has 0 saturated carbocycles. The van der Waals surface area contributed by atoms with Crippen LogP contribution >= 0.6 is 0 Å². The van der Waals surface area contributed by atoms with Gasteiger partial charge in [-0.2, -0.15) is 0 Å². The van der Waals surface area contributed by atoms with Crippen LogP contribution in [0, 0.1) is 0 Å². The second-order valence-electron chi connectivity index (χ2n) is 4.80. The Hall–Kier alpha value is -1.95. The van der Waals surface area contributed by atoms with Crippen LogP contribution in [0.5, 0.6) is 0 Å². The maximum absolute atomic E-state index is 11.9. The van der Waals surface area contributed by atoms with Gasteiger partial charge in [-0.15, -0.1) is 0 Å². The van der Waals surface area contributed by atoms with Crippen molar-refractivity contribution in [1.29, 1.82) is 0 Å². The fourth-order valence-corrected chi connectivity index (χ4v) is 2.19. The molecule has 0 aromatic carbocycles. The number of hydrogen-bond donors (Lipinski definition) is 2. The van der Waals surface area contributed by atoms with Gasteiger partial charge in [-0.25, -0.2) is 0 Å². The molecule has 2 rings (SSSR count). The third-order valence-electron chi connectivity index (χ3n) is 3.33. The van der Waals surface area contributed by atoms with Gasteiger partial charge in [0.1, 0.15) is 5.69 Å². The van der Waals surface area contributed by atoms with E-state index in [1.807, 2.05) is 0 Å². The Morgan fingerprint density at radius 3 is 3.05 bits per heavy atom. The Morgan fingerprint density at radius 1 is 1.45 bits per heavy atom. The Kier molecular flexibility index (Phi) is 5.06. The maximum atomic E-state index is 11.9. The van der Waals surface area contributed by atoms with Crippen LogP contribution in [0.1, 0.15) is 35.3 Å². The van der Waals surface area contributed by atoms with E-state index in [2.05, 4.69) is 10.3 Å². The van der Waals surface area contributed by atoms with E-state index < -0.39 is 0 Å². The quantitative estimate of drug-likeness (QED) is 0.812. The standard InChI is InChI=1S/C14H19N3O3/c18-10-11-4-5-15-12(9-11)14(20)16-6-8-17-7-2-1-3-13(17)19/h4-5,9,18H,1-3,6-8,10H2,(H,16,20). The molecule has 108 valence electrons. The van der Waals surface area contributed by atoms with Gasteiger partial charge >= 0.3 is 0 Å². The van der Waals surface area contributed by atoms with Crippen molar-refractivity contribution in [2.24, 2.45) is 0 Å². The minimum absolute atomic E-state index is 0.120. The zero-order valence-corrected chi connectivity index (χ0v) is 11.3. The molecular formula is C14H19N3O3. The van der Waals surface area contributed by atoms with Crippen molar-refractivity contribution in [1.82, 2.24) is 15.2 Å². The number of aromatic nitrogens is 1. The number of nitrogens with one attached hydrogen (secondary N) is 1. The summed E-state index contributed by atoms with van der Waals surface area (Å²) in [5.74, 6) is -0.129. The highest BCUT2D eigenvalue weighted by atomic mass is 16.3. The van der Waals surface area contributed by atoms with Crippen LogP contribution in [0.2, 0.25) is 0 Å². The van der Waals surface area contributed by atoms with Crippen molar-refractivity contribution in [2.45, 2.75) is 25.9 Å². The molecule has 6 nitrogen and oxygen atoms in total. The molecule has 2 N–H and O–H groups in total. The lowest BCUT2D eigenvalue weighted by Gasteiger charge is -2.26. The van der Waals surface area contributed by atoms with Crippen LogP contribution in [-0.4, -0.2) is 46.4 Å². The lowest BCUT2D eigenvalue weighted by atomic mass is 10.1. The summed E-state index contributed by atoms with van der Waals surface area (Å²) >= 11 is 0. The summed E-state index contributed by atoms with van der Waals surface area (Å²) in [5, 5.41) is 11.8. The van der Waals surface area contributed by atoms with Gasteiger partial charge in [-0.05, 0) is 30.5 Å². The van der Waals surface area contributed by atoms with Gasteiger partial charge in [0.15, 0.2) is 0 Å². The van der Waals surface area contributed by atoms with Crippen LogP contribution in [0.25, 0.3) is 0 Å². The molecule has 1 saturated heterocycles. The predicted molar refractivity (Wildman–Crippen MR) is 72.9 cm³/mol. The van der Waals surface area contributed by atoms with E-state index >= 15 is 0 Å². The van der Waals surface area contributed by atoms with Crippen molar-refractivity contribution < 1.29 is 14.7 Å². The maximum Gasteiger partial charge on any atom is 0.269 e. The molecule has 6 heteroatoms. The van der Waals surface area contributed by atoms with Crippen molar-refractivity contribution >= 4 is 11.8 Å². The first-order valence-corrected chi connectivity index (χ1v) is 6.82. The van der Waals surface area contributed by atoms with E-state index in [9.17, 15) is 9.59 Å². The molecule has 0 unspecified atom stereocenters. The first-order chi connectivity index (χ1) is 9.70. The van der Waals surface area contributed by atoms with Crippen molar-refractivity contribution in [2.75, 3.05) is 19.6 Å². The number of aliphatic hydroxyl groups excluding tert-OH is 1. The fraction of sp³-hybridized carbons (Fsp3) is 0.500. The van der Waals surface area contributed by atoms with Gasteiger partial charge in [-0.1, -0.05) is 0 Å². The normalized spacial score (nSPS) is 15.2. The third kappa shape index (κ3) is 3.77. The zero-order chi connectivity index (χ0) is 14.4. The molecule has 0 atom stereocenters. The first-order valence-electron chi connectivity index (χ1n) is 6.82. The highest BCUT2D eigenvalue weighted by molar-refractivity contribution is 5.92. The molecule has 2 heterocycles. The Balaban J connectivity index is 1.81. The van der Waals surface area contributed by atoms with Crippen LogP contribution < -0.4 is 5.32 Å². The van der Waals surface area contributed by atoms with E-state index in [1.54, 1.807) is 17.0 Å². The van der Waals surface area contributed by atoms with E-state index in [4.69, 9.17) is 5.11 Å². The number of aliphatic hydroxyl groups is 1. The number of amides is 2. The molecule has 0 spiro atoms. The lowest BCUT2D eigenvalue weighted by molar-refractivity contribution is -0.133. The number of carbonyl (C=O) groups excluding carboxylic acids is 2. The number of rotatable bonds is 5. The number of pyridine rings is 1. The second kappa shape index (κ2) is 7.00. The SMILES string of the molecule is O=C(NCCN1CCCCC1=O)c1cc(CO)ccn1. The predicted octanol–water partition coefficient (Wildman–Crippen LogP) is 0.316. The summed E-state index contributed by atoms with van der Waals surface area (Å²) in [6.45, 7) is 1.60. The van der Waals surface area contributed by atoms with Gasteiger partial charge in [0.2, 0.25) is 5.91 Å². The second-order valence-corrected chi connectivity index (χ2v) is 4.80. The van der Waals surface area contributed by atoms with Gasteiger partial charge in [0.05, 0.1) is 6.61 Å². The van der Waals surface area contributed by atoms with Crippen LogP contribution in [0.4, 0.5) is 0 Å². The molecule has 2 amide bonds. The zero-order valence-electron chi connectivity index (χ0n) is 11.3. The summed E-state index contributed by atoms with van der Waals surface area (Å²) in [5.41, 5.74) is 0.929. The summed E-state index contributed by atoms with van der Waals surface area (Å²) in [7, 11) is 0. The van der Waals surface area contributed by atoms with E-state index in [1.165, 1.54) is 6.20 Å². The van der Waals surface area contributed by atoms with E-state index in [-0.39, 0.29) is 24.1 Å². The van der Waals surface area contributed by atoms with E-state index in [0.29, 0.717) is 25.1 Å². The molecule has 1 aliphatic heterocycles. The van der Waals surface area contributed by atoms with Crippen LogP contribution in [0.3, 0.4) is 0 Å². The summed E-state index contributed by atoms with van der Waals surface area (Å²) < 4.78 is 0. The average molecular weight is 277 g/mol. The van der Waals surface area contributed by atoms with Gasteiger partial charge in [0, 0.05) is 32.3 Å². The number of likely N-dealkylation sites (tertiary alicyclic amines) is 1. The lowest BCUT2D eigenvalue weighted by Crippen LogP contribution is -2.41. The van der Waals surface area contributed by atoms with Crippen LogP contribution in [0.15, 0.2) is 18.3 Å². The fourth-order valence-electron chi connectivity index (χ4n) is 2.19. The summed E-state index contributed by atoms with van der Waals surface area (Å²) in [4.78, 5) is 29.2. The van der Waals surface area contributed by atoms with Crippen molar-refractivity contribution in [3.63, 3.8) is 0 Å². The number of nitrogens with zero attached hydrogens (tertiary/aromatic N) is 2. The van der Waals surface area contributed by atoms with Gasteiger partial charge in [-0.3, -0.25) is 14.6 Å². The highest BCUT2D eigenvalue weighted by Crippen LogP contribution is 2.09. The summed E-state index contributed by atoms with van der Waals surface area (Å²) in [6.07, 6.45) is 4.09. The monoisotopic (exact) mass is 277 g/mol. The first kappa shape index (κ1) is 14.5. The summed E-state index contributed by atoms with van der Waals surface area (Å²) in [6, 6.07) is 3.21. The smallest absolute Gasteiger partial charge is 0.269 e. The molecule has 1 fully saturated rings. The molecule has 1 aromatic rings. The molecule has 0 bridgehead atoms. The molecule has 0 radical (unpaired) electrons. The average Bonchev–Trinajstić information content (AvgIpc) is 2.49. The number of carbonyl (C=O) groups is 2. The minimum atomic E-state index is -0.287. The van der Waals surface area contributed by atoms with E-state index in [0.717, 1.165) is 19.4 Å². The molecule has 0 aliphatic carbocycles. The minimum Gasteiger partial charge on any atom is -0.392 e. The molecule has 20 heavy (non-hydrogen) atoms. The number of hydrogen-bond acceptors (Lipinski definition) is 4. The highest BCUT2D eigenvalue weighted by Gasteiger charge is 2.17. The molecule has 1 aromatic heterocycles. The molecule has 1 aliphatic rings. The van der Waals surface area contributed by atoms with Crippen LogP contribution in [-0.2, 0) is 11.4 Å². The molecular weight excluding hydrogens is 258 g/mol. The van der Waals surface area contributed by atoms with Gasteiger partial charge in [0.25, 0.3) is 5.91 Å². The van der Waals surface area contributed by atoms with Crippen molar-refractivity contribution in [3.05, 3.63) is 29.6 Å². The largest absolute Gasteiger partial charge is 0.392 e. The Morgan fingerprint density at radius 2 is 2.30 bits per heavy atom. The van der Waals surface area contributed by atoms with Crippen molar-refractivity contribution in [3.8, 4) is 0 Å².